The summed E-state index contributed by atoms with van der Waals surface area (Å²) in [5, 5.41) is 3.39. The summed E-state index contributed by atoms with van der Waals surface area (Å²) in [4.78, 5) is 30.3. The van der Waals surface area contributed by atoms with Crippen LogP contribution in [0, 0.1) is 6.92 Å². The molecule has 1 fully saturated rings. The molecule has 2 atom stereocenters. The number of furan rings is 1. The van der Waals surface area contributed by atoms with Gasteiger partial charge < -0.3 is 19.2 Å². The van der Waals surface area contributed by atoms with Crippen LogP contribution in [0.4, 0.5) is 0 Å². The topological polar surface area (TPSA) is 67.5 Å². The van der Waals surface area contributed by atoms with Crippen LogP contribution in [0.1, 0.15) is 91.7 Å². The van der Waals surface area contributed by atoms with Gasteiger partial charge in [0.2, 0.25) is 5.91 Å². The Morgan fingerprint density at radius 1 is 1.06 bits per heavy atom. The Labute approximate surface area is 206 Å². The van der Waals surface area contributed by atoms with Crippen molar-refractivity contribution < 1.29 is 14.0 Å². The van der Waals surface area contributed by atoms with E-state index in [4.69, 9.17) is 4.42 Å². The number of amides is 2. The minimum absolute atomic E-state index is 0.0338. The fourth-order valence-corrected chi connectivity index (χ4v) is 6.67. The number of hydrogen-bond donors (Lipinski definition) is 1. The first-order valence-corrected chi connectivity index (χ1v) is 13.3. The Morgan fingerprint density at radius 2 is 1.83 bits per heavy atom. The highest BCUT2D eigenvalue weighted by molar-refractivity contribution is 6.03. The SMILES string of the molecule is Cc1cc2c(cc3n2CC(C)(C(=O)NC2CCCCCC2)N(C2CCCc4ccccc42)C3=O)o1. The van der Waals surface area contributed by atoms with Crippen LogP contribution in [0.5, 0.6) is 0 Å². The van der Waals surface area contributed by atoms with Gasteiger partial charge >= 0.3 is 0 Å². The van der Waals surface area contributed by atoms with Gasteiger partial charge in [-0.2, -0.15) is 0 Å². The molecule has 1 N–H and O–H groups in total. The Morgan fingerprint density at radius 3 is 2.63 bits per heavy atom. The Bertz CT molecular complexity index is 1280. The van der Waals surface area contributed by atoms with Gasteiger partial charge in [0.15, 0.2) is 5.58 Å². The molecule has 1 aromatic carbocycles. The molecule has 3 aliphatic rings. The Kier molecular flexibility index (Phi) is 5.50. The van der Waals surface area contributed by atoms with E-state index in [9.17, 15) is 9.59 Å². The molecule has 35 heavy (non-hydrogen) atoms. The zero-order chi connectivity index (χ0) is 24.2. The van der Waals surface area contributed by atoms with E-state index in [-0.39, 0.29) is 23.9 Å². The van der Waals surface area contributed by atoms with Crippen molar-refractivity contribution in [2.24, 2.45) is 0 Å². The lowest BCUT2D eigenvalue weighted by molar-refractivity contribution is -0.135. The first-order valence-electron chi connectivity index (χ1n) is 13.3. The highest BCUT2D eigenvalue weighted by atomic mass is 16.3. The second kappa shape index (κ2) is 8.58. The molecule has 1 saturated carbocycles. The largest absolute Gasteiger partial charge is 0.460 e. The van der Waals surface area contributed by atoms with Crippen LogP contribution in [0.25, 0.3) is 11.1 Å². The zero-order valence-electron chi connectivity index (χ0n) is 20.8. The van der Waals surface area contributed by atoms with E-state index in [2.05, 4.69) is 23.5 Å². The van der Waals surface area contributed by atoms with Crippen LogP contribution >= 0.6 is 0 Å². The average Bonchev–Trinajstić information content (AvgIpc) is 3.24. The summed E-state index contributed by atoms with van der Waals surface area (Å²) in [6.07, 6.45) is 9.69. The molecule has 3 heterocycles. The van der Waals surface area contributed by atoms with Gasteiger partial charge in [-0.15, -0.1) is 0 Å². The van der Waals surface area contributed by atoms with Crippen LogP contribution in [-0.2, 0) is 17.8 Å². The number of fused-ring (bicyclic) bond motifs is 4. The fourth-order valence-electron chi connectivity index (χ4n) is 6.67. The summed E-state index contributed by atoms with van der Waals surface area (Å²) < 4.78 is 7.88. The van der Waals surface area contributed by atoms with E-state index in [0.717, 1.165) is 56.2 Å². The highest BCUT2D eigenvalue weighted by Gasteiger charge is 2.51. The third-order valence-corrected chi connectivity index (χ3v) is 8.48. The van der Waals surface area contributed by atoms with Gasteiger partial charge in [0, 0.05) is 18.2 Å². The minimum Gasteiger partial charge on any atom is -0.460 e. The number of nitrogens with zero attached hydrogens (tertiary/aromatic N) is 2. The number of carbonyl (C=O) groups excluding carboxylic acids is 2. The van der Waals surface area contributed by atoms with Crippen LogP contribution in [-0.4, -0.2) is 32.9 Å². The average molecular weight is 474 g/mol. The third-order valence-electron chi connectivity index (χ3n) is 8.48. The number of aryl methyl sites for hydroxylation is 2. The van der Waals surface area contributed by atoms with E-state index >= 15 is 0 Å². The molecule has 2 aromatic heterocycles. The molecule has 0 radical (unpaired) electrons. The van der Waals surface area contributed by atoms with Crippen molar-refractivity contribution in [3.63, 3.8) is 0 Å². The molecular formula is C29H35N3O3. The standard InChI is InChI=1S/C29H35N3O3/c1-19-16-24-26(35-19)17-25-27(33)32(23-15-9-11-20-10-7-8-14-22(20)23)29(2,18-31(24)25)28(34)30-21-12-5-3-4-6-13-21/h7-8,10,14,16-17,21,23H,3-6,9,11-13,15,18H2,1-2H3,(H,30,34). The second-order valence-electron chi connectivity index (χ2n) is 10.9. The van der Waals surface area contributed by atoms with Crippen molar-refractivity contribution in [1.29, 1.82) is 0 Å². The van der Waals surface area contributed by atoms with Crippen LogP contribution < -0.4 is 5.32 Å². The predicted molar refractivity (Wildman–Crippen MR) is 135 cm³/mol. The summed E-state index contributed by atoms with van der Waals surface area (Å²) in [7, 11) is 0. The maximum atomic E-state index is 14.2. The Hall–Kier alpha value is -3.02. The third kappa shape index (κ3) is 3.69. The van der Waals surface area contributed by atoms with E-state index in [1.54, 1.807) is 0 Å². The predicted octanol–water partition coefficient (Wildman–Crippen LogP) is 5.67. The van der Waals surface area contributed by atoms with E-state index in [0.29, 0.717) is 17.8 Å². The number of benzene rings is 1. The highest BCUT2D eigenvalue weighted by Crippen LogP contribution is 2.43. The first-order chi connectivity index (χ1) is 17.0. The molecule has 1 aliphatic heterocycles. The number of nitrogens with one attached hydrogen (secondary N) is 1. The molecule has 3 aromatic rings. The molecule has 2 amide bonds. The van der Waals surface area contributed by atoms with Gasteiger partial charge in [0.1, 0.15) is 17.0 Å². The minimum atomic E-state index is -0.997. The lowest BCUT2D eigenvalue weighted by Crippen LogP contribution is -2.65. The maximum Gasteiger partial charge on any atom is 0.272 e. The van der Waals surface area contributed by atoms with Gasteiger partial charge in [0.25, 0.3) is 5.91 Å². The summed E-state index contributed by atoms with van der Waals surface area (Å²) in [6, 6.07) is 12.3. The number of aromatic nitrogens is 1. The second-order valence-corrected chi connectivity index (χ2v) is 10.9. The number of carbonyl (C=O) groups is 2. The lowest BCUT2D eigenvalue weighted by atomic mass is 9.82. The number of rotatable bonds is 3. The maximum absolute atomic E-state index is 14.2. The molecule has 6 nitrogen and oxygen atoms in total. The molecule has 0 saturated heterocycles. The molecule has 6 heteroatoms. The summed E-state index contributed by atoms with van der Waals surface area (Å²) in [5.41, 5.74) is 3.68. The van der Waals surface area contributed by atoms with Crippen LogP contribution in [0.2, 0.25) is 0 Å². The smallest absolute Gasteiger partial charge is 0.272 e. The van der Waals surface area contributed by atoms with Gasteiger partial charge in [0.05, 0.1) is 18.1 Å². The van der Waals surface area contributed by atoms with Gasteiger partial charge in [-0.1, -0.05) is 49.9 Å². The quantitative estimate of drug-likeness (QED) is 0.498. The molecule has 0 spiro atoms. The molecule has 2 aliphatic carbocycles. The molecule has 6 rings (SSSR count). The van der Waals surface area contributed by atoms with E-state index in [1.165, 1.54) is 24.0 Å². The Balaban J connectivity index is 1.44. The van der Waals surface area contributed by atoms with Crippen molar-refractivity contribution in [3.05, 3.63) is 59.0 Å². The molecule has 184 valence electrons. The summed E-state index contributed by atoms with van der Waals surface area (Å²) >= 11 is 0. The molecule has 2 unspecified atom stereocenters. The van der Waals surface area contributed by atoms with E-state index < -0.39 is 5.54 Å². The van der Waals surface area contributed by atoms with Gasteiger partial charge in [-0.3, -0.25) is 9.59 Å². The monoisotopic (exact) mass is 473 g/mol. The van der Waals surface area contributed by atoms with E-state index in [1.807, 2.05) is 41.5 Å². The van der Waals surface area contributed by atoms with Crippen LogP contribution in [0.15, 0.2) is 40.8 Å². The zero-order valence-corrected chi connectivity index (χ0v) is 20.8. The first kappa shape index (κ1) is 22.4. The van der Waals surface area contributed by atoms with Crippen molar-refractivity contribution in [3.8, 4) is 0 Å². The van der Waals surface area contributed by atoms with Gasteiger partial charge in [-0.25, -0.2) is 0 Å². The number of hydrogen-bond acceptors (Lipinski definition) is 3. The van der Waals surface area contributed by atoms with Crippen molar-refractivity contribution in [1.82, 2.24) is 14.8 Å². The van der Waals surface area contributed by atoms with Crippen molar-refractivity contribution in [2.75, 3.05) is 0 Å². The van der Waals surface area contributed by atoms with Crippen molar-refractivity contribution in [2.45, 2.75) is 95.8 Å². The van der Waals surface area contributed by atoms with Crippen molar-refractivity contribution >= 4 is 22.9 Å². The lowest BCUT2D eigenvalue weighted by Gasteiger charge is -2.49. The van der Waals surface area contributed by atoms with Crippen LogP contribution in [0.3, 0.4) is 0 Å². The normalized spacial score (nSPS) is 25.3. The summed E-state index contributed by atoms with van der Waals surface area (Å²) in [6.45, 7) is 4.31. The summed E-state index contributed by atoms with van der Waals surface area (Å²) in [5.74, 6) is 0.694. The molecular weight excluding hydrogens is 438 g/mol. The fraction of sp³-hybridized carbons (Fsp3) is 0.517. The van der Waals surface area contributed by atoms with Gasteiger partial charge in [-0.05, 0) is 57.1 Å². The molecule has 0 bridgehead atoms.